The maximum absolute atomic E-state index is 13.0. The van der Waals surface area contributed by atoms with Crippen molar-refractivity contribution in [1.82, 2.24) is 25.1 Å². The van der Waals surface area contributed by atoms with Gasteiger partial charge in [-0.25, -0.2) is 9.78 Å². The first-order chi connectivity index (χ1) is 18.1. The molecule has 0 radical (unpaired) electrons. The molecule has 1 fully saturated rings. The predicted octanol–water partition coefficient (Wildman–Crippen LogP) is 5.43. The number of para-hydroxylation sites is 1. The minimum Gasteiger partial charge on any atom is -0.474 e. The lowest BCUT2D eigenvalue weighted by Gasteiger charge is -2.19. The molecule has 0 aliphatic heterocycles. The van der Waals surface area contributed by atoms with E-state index < -0.39 is 17.6 Å². The van der Waals surface area contributed by atoms with Crippen molar-refractivity contribution in [1.29, 1.82) is 0 Å². The Balaban J connectivity index is 1.37. The molecule has 3 aromatic rings. The van der Waals surface area contributed by atoms with Crippen molar-refractivity contribution in [3.63, 3.8) is 0 Å². The number of ether oxygens (including phenoxy) is 2. The number of hydrogen-bond donors (Lipinski definition) is 3. The second-order valence-corrected chi connectivity index (χ2v) is 10.5. The summed E-state index contributed by atoms with van der Waals surface area (Å²) in [6.45, 7) is 6.47. The van der Waals surface area contributed by atoms with Crippen molar-refractivity contribution in [3.8, 4) is 5.88 Å². The van der Waals surface area contributed by atoms with Gasteiger partial charge in [0.05, 0.1) is 27.6 Å². The molecule has 1 aromatic carbocycles. The summed E-state index contributed by atoms with van der Waals surface area (Å²) in [6.07, 6.45) is 6.80. The fraction of sp³-hybridized carbons (Fsp3) is 0.400. The predicted molar refractivity (Wildman–Crippen MR) is 144 cm³/mol. The number of hydrogen-bond acceptors (Lipinski definition) is 8. The number of alkyl carbamates (subject to hydrolysis) is 1. The fourth-order valence-corrected chi connectivity index (χ4v) is 3.73. The Bertz CT molecular complexity index is 1280. The van der Waals surface area contributed by atoms with Crippen molar-refractivity contribution >= 4 is 52.5 Å². The molecule has 38 heavy (non-hydrogen) atoms. The van der Waals surface area contributed by atoms with Gasteiger partial charge in [0.15, 0.2) is 0 Å². The second-order valence-electron chi connectivity index (χ2n) is 9.68. The number of nitrogens with zero attached hydrogens (tertiary/aromatic N) is 4. The first kappa shape index (κ1) is 27.5. The average Bonchev–Trinajstić information content (AvgIpc) is 3.54. The molecule has 0 atom stereocenters. The van der Waals surface area contributed by atoms with Crippen LogP contribution in [0.1, 0.15) is 50.4 Å². The number of anilines is 3. The van der Waals surface area contributed by atoms with Crippen LogP contribution < -0.4 is 20.7 Å². The molecule has 0 saturated heterocycles. The van der Waals surface area contributed by atoms with E-state index in [0.29, 0.717) is 40.9 Å². The van der Waals surface area contributed by atoms with Gasteiger partial charge in [-0.3, -0.25) is 9.48 Å². The maximum atomic E-state index is 13.0. The van der Waals surface area contributed by atoms with E-state index >= 15 is 0 Å². The van der Waals surface area contributed by atoms with E-state index in [9.17, 15) is 9.59 Å². The van der Waals surface area contributed by atoms with Gasteiger partial charge in [-0.1, -0.05) is 29.3 Å². The molecule has 1 saturated carbocycles. The highest BCUT2D eigenvalue weighted by Crippen LogP contribution is 2.32. The SMILES string of the molecule is CC(C)(C)OC(=O)NCCCn1cc(Nc2ncc(C(=O)Nc3c(Cl)cccc3Cl)c(OC3CC3)n2)cn1. The second kappa shape index (κ2) is 11.9. The van der Waals surface area contributed by atoms with Gasteiger partial charge in [-0.05, 0) is 52.2 Å². The fourth-order valence-electron chi connectivity index (χ4n) is 3.24. The Hall–Kier alpha value is -3.57. The van der Waals surface area contributed by atoms with Crippen molar-refractivity contribution in [3.05, 3.63) is 52.4 Å². The summed E-state index contributed by atoms with van der Waals surface area (Å²) < 4.78 is 12.8. The highest BCUT2D eigenvalue weighted by atomic mass is 35.5. The summed E-state index contributed by atoms with van der Waals surface area (Å²) in [5.41, 5.74) is 0.576. The van der Waals surface area contributed by atoms with E-state index in [1.807, 2.05) is 20.8 Å². The van der Waals surface area contributed by atoms with E-state index in [0.717, 1.165) is 12.8 Å². The molecular weight excluding hydrogens is 533 g/mol. The Morgan fingerprint density at radius 3 is 2.58 bits per heavy atom. The lowest BCUT2D eigenvalue weighted by atomic mass is 10.2. The van der Waals surface area contributed by atoms with Gasteiger partial charge in [0.2, 0.25) is 11.8 Å². The van der Waals surface area contributed by atoms with Crippen molar-refractivity contribution < 1.29 is 19.1 Å². The van der Waals surface area contributed by atoms with Crippen LogP contribution in [0.25, 0.3) is 0 Å². The third-order valence-electron chi connectivity index (χ3n) is 5.12. The lowest BCUT2D eigenvalue weighted by molar-refractivity contribution is 0.0526. The number of carbonyl (C=O) groups excluding carboxylic acids is 2. The molecular formula is C25H29Cl2N7O4. The van der Waals surface area contributed by atoms with Crippen molar-refractivity contribution in [2.24, 2.45) is 0 Å². The number of aryl methyl sites for hydroxylation is 1. The van der Waals surface area contributed by atoms with Crippen LogP contribution in [0.4, 0.5) is 22.1 Å². The number of aromatic nitrogens is 4. The first-order valence-electron chi connectivity index (χ1n) is 12.1. The van der Waals surface area contributed by atoms with Crippen molar-refractivity contribution in [2.45, 2.75) is 58.3 Å². The quantitative estimate of drug-likeness (QED) is 0.279. The summed E-state index contributed by atoms with van der Waals surface area (Å²) in [6, 6.07) is 4.95. The van der Waals surface area contributed by atoms with Gasteiger partial charge < -0.3 is 25.4 Å². The largest absolute Gasteiger partial charge is 0.474 e. The van der Waals surface area contributed by atoms with Gasteiger partial charge in [0, 0.05) is 25.5 Å². The Kier molecular flexibility index (Phi) is 8.58. The zero-order valence-electron chi connectivity index (χ0n) is 21.3. The van der Waals surface area contributed by atoms with Crippen LogP contribution in [0.15, 0.2) is 36.8 Å². The van der Waals surface area contributed by atoms with E-state index in [2.05, 4.69) is 31.0 Å². The highest BCUT2D eigenvalue weighted by Gasteiger charge is 2.28. The smallest absolute Gasteiger partial charge is 0.407 e. The van der Waals surface area contributed by atoms with E-state index in [-0.39, 0.29) is 23.5 Å². The van der Waals surface area contributed by atoms with Crippen LogP contribution in [0.2, 0.25) is 10.0 Å². The van der Waals surface area contributed by atoms with Crippen LogP contribution in [0.5, 0.6) is 5.88 Å². The minimum atomic E-state index is -0.538. The lowest BCUT2D eigenvalue weighted by Crippen LogP contribution is -2.33. The topological polar surface area (TPSA) is 132 Å². The zero-order valence-corrected chi connectivity index (χ0v) is 22.8. The molecule has 0 bridgehead atoms. The van der Waals surface area contributed by atoms with Gasteiger partial charge in [0.25, 0.3) is 5.91 Å². The number of benzene rings is 1. The number of nitrogens with one attached hydrogen (secondary N) is 3. The van der Waals surface area contributed by atoms with E-state index in [1.165, 1.54) is 6.20 Å². The highest BCUT2D eigenvalue weighted by molar-refractivity contribution is 6.40. The van der Waals surface area contributed by atoms with Gasteiger partial charge in [-0.2, -0.15) is 10.1 Å². The van der Waals surface area contributed by atoms with Crippen LogP contribution in [-0.2, 0) is 11.3 Å². The molecule has 0 unspecified atom stereocenters. The Morgan fingerprint density at radius 1 is 1.16 bits per heavy atom. The van der Waals surface area contributed by atoms with Gasteiger partial charge >= 0.3 is 6.09 Å². The van der Waals surface area contributed by atoms with Crippen LogP contribution >= 0.6 is 23.2 Å². The summed E-state index contributed by atoms with van der Waals surface area (Å²) in [4.78, 5) is 33.4. The molecule has 2 heterocycles. The summed E-state index contributed by atoms with van der Waals surface area (Å²) in [5.74, 6) is -0.0829. The monoisotopic (exact) mass is 561 g/mol. The zero-order chi connectivity index (χ0) is 27.3. The summed E-state index contributed by atoms with van der Waals surface area (Å²) in [7, 11) is 0. The minimum absolute atomic E-state index is 0.00485. The summed E-state index contributed by atoms with van der Waals surface area (Å²) in [5, 5.41) is 13.4. The average molecular weight is 562 g/mol. The van der Waals surface area contributed by atoms with Crippen LogP contribution in [0, 0.1) is 0 Å². The van der Waals surface area contributed by atoms with Crippen molar-refractivity contribution in [2.75, 3.05) is 17.2 Å². The standard InChI is InChI=1S/C25H29Cl2N7O4/c1-25(2,3)38-24(36)28-10-5-11-34-14-15(12-30-34)31-23-29-13-17(22(33-23)37-16-8-9-16)21(35)32-20-18(26)6-4-7-19(20)27/h4,6-7,12-14,16H,5,8-11H2,1-3H3,(H,28,36)(H,32,35)(H,29,31,33). The number of halogens is 2. The molecule has 202 valence electrons. The molecule has 1 aliphatic carbocycles. The van der Waals surface area contributed by atoms with E-state index in [1.54, 1.807) is 35.3 Å². The molecule has 3 N–H and O–H groups in total. The summed E-state index contributed by atoms with van der Waals surface area (Å²) >= 11 is 12.4. The molecule has 13 heteroatoms. The molecule has 2 amide bonds. The molecule has 0 spiro atoms. The Labute approximate surface area is 230 Å². The van der Waals surface area contributed by atoms with Crippen LogP contribution in [-0.4, -0.2) is 50.0 Å². The molecule has 2 aromatic heterocycles. The van der Waals surface area contributed by atoms with Crippen LogP contribution in [0.3, 0.4) is 0 Å². The van der Waals surface area contributed by atoms with E-state index in [4.69, 9.17) is 32.7 Å². The molecule has 11 nitrogen and oxygen atoms in total. The number of rotatable bonds is 10. The maximum Gasteiger partial charge on any atom is 0.407 e. The first-order valence-corrected chi connectivity index (χ1v) is 12.9. The third-order valence-corrected chi connectivity index (χ3v) is 5.75. The van der Waals surface area contributed by atoms with Gasteiger partial charge in [-0.15, -0.1) is 0 Å². The number of amides is 2. The van der Waals surface area contributed by atoms with Gasteiger partial charge in [0.1, 0.15) is 17.3 Å². The Morgan fingerprint density at radius 2 is 1.89 bits per heavy atom. The third kappa shape index (κ3) is 7.96. The normalized spacial score (nSPS) is 13.1. The number of carbonyl (C=O) groups is 2. The molecule has 1 aliphatic rings. The molecule has 4 rings (SSSR count).